The summed E-state index contributed by atoms with van der Waals surface area (Å²) in [7, 11) is 0. The van der Waals surface area contributed by atoms with Crippen LogP contribution in [0.4, 0.5) is 0 Å². The number of rotatable bonds is 5. The van der Waals surface area contributed by atoms with E-state index in [1.54, 1.807) is 0 Å². The van der Waals surface area contributed by atoms with Gasteiger partial charge in [-0.25, -0.2) is 0 Å². The summed E-state index contributed by atoms with van der Waals surface area (Å²) < 4.78 is 0. The van der Waals surface area contributed by atoms with Gasteiger partial charge in [0, 0.05) is 11.6 Å². The predicted molar refractivity (Wildman–Crippen MR) is 54.9 cm³/mol. The van der Waals surface area contributed by atoms with Gasteiger partial charge in [0.25, 0.3) is 0 Å². The molecule has 0 aromatic rings. The van der Waals surface area contributed by atoms with Gasteiger partial charge in [0.15, 0.2) is 0 Å². The first kappa shape index (κ1) is 11.9. The zero-order valence-electron chi connectivity index (χ0n) is 8.93. The van der Waals surface area contributed by atoms with Crippen molar-refractivity contribution in [1.82, 2.24) is 0 Å². The van der Waals surface area contributed by atoms with Gasteiger partial charge in [-0.15, -0.1) is 0 Å². The summed E-state index contributed by atoms with van der Waals surface area (Å²) in [5.41, 5.74) is 11.7. The Balaban J connectivity index is 3.66. The largest absolute Gasteiger partial charge is 0.328 e. The second-order valence-corrected chi connectivity index (χ2v) is 4.70. The minimum Gasteiger partial charge on any atom is -0.328 e. The third kappa shape index (κ3) is 6.62. The Morgan fingerprint density at radius 2 is 1.83 bits per heavy atom. The Labute approximate surface area is 76.7 Å². The summed E-state index contributed by atoms with van der Waals surface area (Å²) in [6.07, 6.45) is 3.22. The first-order valence-electron chi connectivity index (χ1n) is 4.89. The molecular weight excluding hydrogens is 148 g/mol. The van der Waals surface area contributed by atoms with Crippen LogP contribution in [0.1, 0.15) is 47.0 Å². The maximum atomic E-state index is 5.96. The second-order valence-electron chi connectivity index (χ2n) is 4.70. The molecule has 0 spiro atoms. The SMILES string of the molecule is CCC(C)CC(N)CC(C)(C)N. The minimum absolute atomic E-state index is 0.118. The van der Waals surface area contributed by atoms with Crippen molar-refractivity contribution in [2.45, 2.75) is 58.5 Å². The summed E-state index contributed by atoms with van der Waals surface area (Å²) in [4.78, 5) is 0. The van der Waals surface area contributed by atoms with Gasteiger partial charge in [-0.3, -0.25) is 0 Å². The average Bonchev–Trinajstić information content (AvgIpc) is 1.82. The number of nitrogens with two attached hydrogens (primary N) is 2. The molecule has 2 nitrogen and oxygen atoms in total. The molecule has 0 aliphatic carbocycles. The van der Waals surface area contributed by atoms with E-state index in [4.69, 9.17) is 11.5 Å². The molecule has 0 radical (unpaired) electrons. The molecule has 4 N–H and O–H groups in total. The van der Waals surface area contributed by atoms with Crippen LogP contribution in [0.25, 0.3) is 0 Å². The van der Waals surface area contributed by atoms with Crippen LogP contribution in [0, 0.1) is 5.92 Å². The summed E-state index contributed by atoms with van der Waals surface area (Å²) >= 11 is 0. The molecule has 0 amide bonds. The van der Waals surface area contributed by atoms with E-state index >= 15 is 0 Å². The van der Waals surface area contributed by atoms with E-state index in [1.807, 2.05) is 13.8 Å². The van der Waals surface area contributed by atoms with Crippen molar-refractivity contribution in [3.8, 4) is 0 Å². The third-order valence-electron chi connectivity index (χ3n) is 2.19. The van der Waals surface area contributed by atoms with E-state index in [-0.39, 0.29) is 11.6 Å². The molecular formula is C10H24N2. The lowest BCUT2D eigenvalue weighted by Gasteiger charge is -2.24. The molecule has 0 saturated heterocycles. The van der Waals surface area contributed by atoms with E-state index in [1.165, 1.54) is 6.42 Å². The summed E-state index contributed by atoms with van der Waals surface area (Å²) in [6, 6.07) is 0.264. The molecule has 0 aliphatic rings. The van der Waals surface area contributed by atoms with Crippen molar-refractivity contribution >= 4 is 0 Å². The summed E-state index contributed by atoms with van der Waals surface area (Å²) in [6.45, 7) is 8.50. The van der Waals surface area contributed by atoms with E-state index < -0.39 is 0 Å². The van der Waals surface area contributed by atoms with E-state index in [2.05, 4.69) is 13.8 Å². The summed E-state index contributed by atoms with van der Waals surface area (Å²) in [5, 5.41) is 0. The topological polar surface area (TPSA) is 52.0 Å². The molecule has 0 aliphatic heterocycles. The highest BCUT2D eigenvalue weighted by atomic mass is 14.7. The highest BCUT2D eigenvalue weighted by Gasteiger charge is 2.17. The molecule has 0 bridgehead atoms. The Bertz CT molecular complexity index is 115. The van der Waals surface area contributed by atoms with E-state index in [9.17, 15) is 0 Å². The fraction of sp³-hybridized carbons (Fsp3) is 1.00. The fourth-order valence-electron chi connectivity index (χ4n) is 1.44. The van der Waals surface area contributed by atoms with E-state index in [0.717, 1.165) is 18.8 Å². The van der Waals surface area contributed by atoms with Gasteiger partial charge in [-0.1, -0.05) is 20.3 Å². The maximum Gasteiger partial charge on any atom is 0.0112 e. The Hall–Kier alpha value is -0.0800. The van der Waals surface area contributed by atoms with Gasteiger partial charge in [0.2, 0.25) is 0 Å². The van der Waals surface area contributed by atoms with Crippen LogP contribution in [0.2, 0.25) is 0 Å². The minimum atomic E-state index is -0.118. The number of hydrogen-bond acceptors (Lipinski definition) is 2. The van der Waals surface area contributed by atoms with Crippen molar-refractivity contribution in [3.63, 3.8) is 0 Å². The summed E-state index contributed by atoms with van der Waals surface area (Å²) in [5.74, 6) is 0.724. The quantitative estimate of drug-likeness (QED) is 0.665. The van der Waals surface area contributed by atoms with Gasteiger partial charge >= 0.3 is 0 Å². The molecule has 0 heterocycles. The van der Waals surface area contributed by atoms with Gasteiger partial charge in [0.05, 0.1) is 0 Å². The van der Waals surface area contributed by atoms with Crippen LogP contribution < -0.4 is 11.5 Å². The van der Waals surface area contributed by atoms with Crippen molar-refractivity contribution < 1.29 is 0 Å². The van der Waals surface area contributed by atoms with Crippen LogP contribution in [0.15, 0.2) is 0 Å². The Kier molecular flexibility index (Phi) is 4.80. The maximum absolute atomic E-state index is 5.96. The van der Waals surface area contributed by atoms with Crippen molar-refractivity contribution in [1.29, 1.82) is 0 Å². The lowest BCUT2D eigenvalue weighted by Crippen LogP contribution is -2.40. The molecule has 0 aromatic heterocycles. The van der Waals surface area contributed by atoms with E-state index in [0.29, 0.717) is 0 Å². The van der Waals surface area contributed by atoms with Crippen LogP contribution in [-0.4, -0.2) is 11.6 Å². The fourth-order valence-corrected chi connectivity index (χ4v) is 1.44. The first-order valence-corrected chi connectivity index (χ1v) is 4.89. The standard InChI is InChI=1S/C10H24N2/c1-5-8(2)6-9(11)7-10(3,4)12/h8-9H,5-7,11-12H2,1-4H3. The van der Waals surface area contributed by atoms with Crippen molar-refractivity contribution in [3.05, 3.63) is 0 Å². The van der Waals surface area contributed by atoms with Crippen LogP contribution in [0.5, 0.6) is 0 Å². The first-order chi connectivity index (χ1) is 5.35. The molecule has 12 heavy (non-hydrogen) atoms. The number of hydrogen-bond donors (Lipinski definition) is 2. The molecule has 2 heteroatoms. The van der Waals surface area contributed by atoms with Gasteiger partial charge in [0.1, 0.15) is 0 Å². The molecule has 2 unspecified atom stereocenters. The van der Waals surface area contributed by atoms with Gasteiger partial charge in [-0.2, -0.15) is 0 Å². The molecule has 2 atom stereocenters. The molecule has 0 rings (SSSR count). The Morgan fingerprint density at radius 3 is 2.17 bits per heavy atom. The lowest BCUT2D eigenvalue weighted by atomic mass is 9.90. The van der Waals surface area contributed by atoms with Crippen molar-refractivity contribution in [2.24, 2.45) is 17.4 Å². The zero-order chi connectivity index (χ0) is 9.78. The molecule has 74 valence electrons. The van der Waals surface area contributed by atoms with Crippen LogP contribution in [0.3, 0.4) is 0 Å². The molecule has 0 fully saturated rings. The normalized spacial score (nSPS) is 17.5. The van der Waals surface area contributed by atoms with Gasteiger partial charge in [-0.05, 0) is 32.6 Å². The zero-order valence-corrected chi connectivity index (χ0v) is 8.93. The predicted octanol–water partition coefficient (Wildman–Crippen LogP) is 1.88. The van der Waals surface area contributed by atoms with Crippen LogP contribution in [-0.2, 0) is 0 Å². The smallest absolute Gasteiger partial charge is 0.0112 e. The third-order valence-corrected chi connectivity index (χ3v) is 2.19. The highest BCUT2D eigenvalue weighted by molar-refractivity contribution is 4.79. The van der Waals surface area contributed by atoms with Gasteiger partial charge < -0.3 is 11.5 Å². The second kappa shape index (κ2) is 4.83. The van der Waals surface area contributed by atoms with Crippen molar-refractivity contribution in [2.75, 3.05) is 0 Å². The lowest BCUT2D eigenvalue weighted by molar-refractivity contribution is 0.365. The van der Waals surface area contributed by atoms with Crippen LogP contribution >= 0.6 is 0 Å². The average molecular weight is 172 g/mol. The molecule has 0 aromatic carbocycles. The highest BCUT2D eigenvalue weighted by Crippen LogP contribution is 2.14. The monoisotopic (exact) mass is 172 g/mol. The Morgan fingerprint density at radius 1 is 1.33 bits per heavy atom. The molecule has 0 saturated carbocycles.